The normalized spacial score (nSPS) is 11.9. The summed E-state index contributed by atoms with van der Waals surface area (Å²) < 4.78 is 38.4. The van der Waals surface area contributed by atoms with Crippen molar-refractivity contribution >= 4 is 28.3 Å². The molecule has 0 unspecified atom stereocenters. The largest absolute Gasteiger partial charge is 0.250 e. The molecule has 3 aromatic rings. The number of sulfone groups is 1. The third kappa shape index (κ3) is 4.12. The Morgan fingerprint density at radius 1 is 1.23 bits per heavy atom. The molecule has 0 saturated carbocycles. The second-order valence-corrected chi connectivity index (χ2v) is 8.02. The van der Waals surface area contributed by atoms with Gasteiger partial charge in [-0.2, -0.15) is 14.9 Å². The summed E-state index contributed by atoms with van der Waals surface area (Å²) >= 11 is 5.17. The van der Waals surface area contributed by atoms with Crippen molar-refractivity contribution in [1.29, 1.82) is 0 Å². The highest BCUT2D eigenvalue weighted by Crippen LogP contribution is 2.13. The molecule has 0 aliphatic carbocycles. The molecule has 1 heterocycles. The van der Waals surface area contributed by atoms with Gasteiger partial charge in [-0.1, -0.05) is 30.3 Å². The Morgan fingerprint density at radius 3 is 2.58 bits per heavy atom. The minimum atomic E-state index is -3.24. The average molecular weight is 390 g/mol. The van der Waals surface area contributed by atoms with Crippen molar-refractivity contribution in [1.82, 2.24) is 14.9 Å². The molecule has 3 rings (SSSR count). The zero-order valence-corrected chi connectivity index (χ0v) is 15.4. The van der Waals surface area contributed by atoms with E-state index in [-0.39, 0.29) is 15.5 Å². The van der Waals surface area contributed by atoms with Gasteiger partial charge in [0.05, 0.1) is 11.1 Å². The van der Waals surface area contributed by atoms with Gasteiger partial charge in [0.15, 0.2) is 15.7 Å². The fraction of sp³-hybridized carbons (Fsp3) is 0.118. The summed E-state index contributed by atoms with van der Waals surface area (Å²) in [7, 11) is -3.24. The molecule has 0 atom stereocenters. The van der Waals surface area contributed by atoms with Gasteiger partial charge in [-0.15, -0.1) is 0 Å². The smallest absolute Gasteiger partial charge is 0.216 e. The lowest BCUT2D eigenvalue weighted by Gasteiger charge is -2.03. The van der Waals surface area contributed by atoms with E-state index in [2.05, 4.69) is 15.3 Å². The second kappa shape index (κ2) is 7.30. The van der Waals surface area contributed by atoms with Gasteiger partial charge in [-0.25, -0.2) is 12.8 Å². The molecule has 0 radical (unpaired) electrons. The Kier molecular flexibility index (Phi) is 5.10. The molecule has 0 saturated heterocycles. The lowest BCUT2D eigenvalue weighted by molar-refractivity contribution is 0.602. The van der Waals surface area contributed by atoms with Crippen molar-refractivity contribution in [3.63, 3.8) is 0 Å². The molecule has 1 aromatic heterocycles. The van der Waals surface area contributed by atoms with Crippen LogP contribution in [0.15, 0.2) is 58.5 Å². The monoisotopic (exact) mass is 390 g/mol. The molecule has 0 amide bonds. The first-order valence-electron chi connectivity index (χ1n) is 7.59. The lowest BCUT2D eigenvalue weighted by atomic mass is 10.1. The minimum absolute atomic E-state index is 0.248. The van der Waals surface area contributed by atoms with Gasteiger partial charge in [0.25, 0.3) is 0 Å². The molecule has 6 nitrogen and oxygen atoms in total. The van der Waals surface area contributed by atoms with E-state index in [1.165, 1.54) is 17.0 Å². The molecule has 0 bridgehead atoms. The number of halogens is 1. The maximum Gasteiger partial charge on any atom is 0.216 e. The SMILES string of the molecule is CS(=O)(=O)c1ccc(Cc2n[nH]c(=S)n2/N=C/c2ccccc2F)cc1. The molecular formula is C17H15FN4O2S2. The van der Waals surface area contributed by atoms with Crippen LogP contribution in [-0.4, -0.2) is 35.8 Å². The number of hydrogen-bond donors (Lipinski definition) is 1. The highest BCUT2D eigenvalue weighted by molar-refractivity contribution is 7.90. The van der Waals surface area contributed by atoms with E-state index in [1.54, 1.807) is 42.5 Å². The van der Waals surface area contributed by atoms with Crippen LogP contribution in [0.5, 0.6) is 0 Å². The summed E-state index contributed by atoms with van der Waals surface area (Å²) in [6, 6.07) is 12.8. The quantitative estimate of drug-likeness (QED) is 0.537. The summed E-state index contributed by atoms with van der Waals surface area (Å²) in [6.45, 7) is 0. The Morgan fingerprint density at radius 2 is 1.92 bits per heavy atom. The van der Waals surface area contributed by atoms with E-state index >= 15 is 0 Å². The molecule has 9 heteroatoms. The predicted octanol–water partition coefficient (Wildman–Crippen LogP) is 2.96. The molecule has 0 spiro atoms. The van der Waals surface area contributed by atoms with Crippen LogP contribution in [0.4, 0.5) is 4.39 Å². The van der Waals surface area contributed by atoms with Crippen molar-refractivity contribution < 1.29 is 12.8 Å². The van der Waals surface area contributed by atoms with Crippen LogP contribution in [0.2, 0.25) is 0 Å². The number of hydrogen-bond acceptors (Lipinski definition) is 5. The van der Waals surface area contributed by atoms with Gasteiger partial charge in [-0.05, 0) is 36.0 Å². The molecular weight excluding hydrogens is 375 g/mol. The Balaban J connectivity index is 1.87. The Hall–Kier alpha value is -2.65. The first-order chi connectivity index (χ1) is 12.3. The maximum absolute atomic E-state index is 13.7. The van der Waals surface area contributed by atoms with Crippen LogP contribution in [0.3, 0.4) is 0 Å². The zero-order chi connectivity index (χ0) is 18.7. The predicted molar refractivity (Wildman–Crippen MR) is 99.2 cm³/mol. The van der Waals surface area contributed by atoms with Crippen molar-refractivity contribution in [2.75, 3.05) is 6.26 Å². The van der Waals surface area contributed by atoms with Gasteiger partial charge < -0.3 is 0 Å². The average Bonchev–Trinajstić information content (AvgIpc) is 2.94. The zero-order valence-electron chi connectivity index (χ0n) is 13.8. The third-order valence-electron chi connectivity index (χ3n) is 3.65. The first kappa shape index (κ1) is 18.2. The minimum Gasteiger partial charge on any atom is -0.250 e. The summed E-state index contributed by atoms with van der Waals surface area (Å²) in [5.41, 5.74) is 1.17. The summed E-state index contributed by atoms with van der Waals surface area (Å²) in [5.74, 6) is 0.138. The number of aromatic amines is 1. The standard InChI is InChI=1S/C17H15FN4O2S2/c1-26(23,24)14-8-6-12(7-9-14)10-16-20-21-17(25)22(16)19-11-13-4-2-3-5-15(13)18/h2-9,11H,10H2,1H3,(H,21,25)/b19-11+. The second-order valence-electron chi connectivity index (χ2n) is 5.62. The topological polar surface area (TPSA) is 80.1 Å². The van der Waals surface area contributed by atoms with E-state index in [9.17, 15) is 12.8 Å². The van der Waals surface area contributed by atoms with Crippen LogP contribution in [0.1, 0.15) is 17.0 Å². The number of nitrogens with zero attached hydrogens (tertiary/aromatic N) is 3. The van der Waals surface area contributed by atoms with Crippen molar-refractivity contribution in [2.45, 2.75) is 11.3 Å². The lowest BCUT2D eigenvalue weighted by Crippen LogP contribution is -2.02. The van der Waals surface area contributed by atoms with Crippen LogP contribution in [0.25, 0.3) is 0 Å². The van der Waals surface area contributed by atoms with Gasteiger partial charge in [0.2, 0.25) is 4.77 Å². The number of nitrogens with one attached hydrogen (secondary N) is 1. The first-order valence-corrected chi connectivity index (χ1v) is 9.89. The molecule has 26 heavy (non-hydrogen) atoms. The van der Waals surface area contributed by atoms with E-state index in [0.29, 0.717) is 17.8 Å². The van der Waals surface area contributed by atoms with Crippen molar-refractivity contribution in [3.05, 3.63) is 76.1 Å². The molecule has 0 aliphatic heterocycles. The van der Waals surface area contributed by atoms with E-state index in [0.717, 1.165) is 11.8 Å². The number of rotatable bonds is 5. The van der Waals surface area contributed by atoms with Crippen LogP contribution in [-0.2, 0) is 16.3 Å². The van der Waals surface area contributed by atoms with Gasteiger partial charge in [0.1, 0.15) is 5.82 Å². The Bertz CT molecular complexity index is 1120. The summed E-state index contributed by atoms with van der Waals surface area (Å²) in [4.78, 5) is 0.248. The fourth-order valence-corrected chi connectivity index (χ4v) is 3.12. The molecule has 1 N–H and O–H groups in total. The third-order valence-corrected chi connectivity index (χ3v) is 5.04. The number of benzene rings is 2. The number of aromatic nitrogens is 3. The maximum atomic E-state index is 13.7. The van der Waals surface area contributed by atoms with Crippen molar-refractivity contribution in [2.24, 2.45) is 5.10 Å². The van der Waals surface area contributed by atoms with Gasteiger partial charge in [-0.3, -0.25) is 5.10 Å². The van der Waals surface area contributed by atoms with Gasteiger partial charge >= 0.3 is 0 Å². The van der Waals surface area contributed by atoms with Gasteiger partial charge in [0, 0.05) is 18.2 Å². The summed E-state index contributed by atoms with van der Waals surface area (Å²) in [6.07, 6.45) is 2.91. The fourth-order valence-electron chi connectivity index (χ4n) is 2.29. The van der Waals surface area contributed by atoms with Crippen LogP contribution in [0, 0.1) is 10.6 Å². The Labute approximate surface area is 154 Å². The molecule has 2 aromatic carbocycles. The van der Waals surface area contributed by atoms with E-state index in [1.807, 2.05) is 0 Å². The summed E-state index contributed by atoms with van der Waals surface area (Å²) in [5, 5.41) is 11.0. The van der Waals surface area contributed by atoms with Crippen molar-refractivity contribution in [3.8, 4) is 0 Å². The highest BCUT2D eigenvalue weighted by atomic mass is 32.2. The van der Waals surface area contributed by atoms with Crippen LogP contribution < -0.4 is 0 Å². The molecule has 134 valence electrons. The number of H-pyrrole nitrogens is 1. The molecule has 0 fully saturated rings. The van der Waals surface area contributed by atoms with Crippen LogP contribution >= 0.6 is 12.2 Å². The molecule has 0 aliphatic rings. The van der Waals surface area contributed by atoms with E-state index < -0.39 is 9.84 Å². The van der Waals surface area contributed by atoms with E-state index in [4.69, 9.17) is 12.2 Å². The highest BCUT2D eigenvalue weighted by Gasteiger charge is 2.09.